The molecule has 1 aliphatic rings. The average molecular weight is 324 g/mol. The summed E-state index contributed by atoms with van der Waals surface area (Å²) in [6, 6.07) is 16.1. The fourth-order valence-corrected chi connectivity index (χ4v) is 3.14. The van der Waals surface area contributed by atoms with Crippen molar-refractivity contribution in [2.75, 3.05) is 18.5 Å². The van der Waals surface area contributed by atoms with Crippen LogP contribution in [0.4, 0.5) is 10.5 Å². The lowest BCUT2D eigenvalue weighted by atomic mass is 10.0. The molecule has 0 aromatic heterocycles. The van der Waals surface area contributed by atoms with Crippen molar-refractivity contribution in [3.63, 3.8) is 0 Å². The molecular weight excluding hydrogens is 300 g/mol. The second kappa shape index (κ2) is 7.39. The largest absolute Gasteiger partial charge is 0.494 e. The van der Waals surface area contributed by atoms with Crippen LogP contribution in [0, 0.1) is 6.92 Å². The van der Waals surface area contributed by atoms with Crippen molar-refractivity contribution in [1.82, 2.24) is 4.90 Å². The molecule has 1 unspecified atom stereocenters. The molecule has 4 heteroatoms. The first-order valence-electron chi connectivity index (χ1n) is 8.54. The topological polar surface area (TPSA) is 41.6 Å². The van der Waals surface area contributed by atoms with Crippen molar-refractivity contribution in [2.45, 2.75) is 32.7 Å². The van der Waals surface area contributed by atoms with Gasteiger partial charge >= 0.3 is 6.03 Å². The number of amides is 2. The Bertz CT molecular complexity index is 680. The Morgan fingerprint density at radius 1 is 1.17 bits per heavy atom. The molecular formula is C20H24N2O2. The molecule has 3 rings (SSSR count). The van der Waals surface area contributed by atoms with Crippen LogP contribution in [0.2, 0.25) is 0 Å². The SMILES string of the molecule is CCOc1ccc(C2CCCN2C(=O)Nc2ccc(C)cc2)cc1. The molecule has 0 bridgehead atoms. The van der Waals surface area contributed by atoms with Crippen molar-refractivity contribution < 1.29 is 9.53 Å². The Morgan fingerprint density at radius 3 is 2.54 bits per heavy atom. The van der Waals surface area contributed by atoms with E-state index in [0.29, 0.717) is 6.61 Å². The fraction of sp³-hybridized carbons (Fsp3) is 0.350. The van der Waals surface area contributed by atoms with Crippen LogP contribution in [0.25, 0.3) is 0 Å². The van der Waals surface area contributed by atoms with Crippen LogP contribution in [0.5, 0.6) is 5.75 Å². The number of nitrogens with zero attached hydrogens (tertiary/aromatic N) is 1. The van der Waals surface area contributed by atoms with Gasteiger partial charge in [-0.3, -0.25) is 0 Å². The van der Waals surface area contributed by atoms with Crippen LogP contribution in [-0.2, 0) is 0 Å². The molecule has 0 radical (unpaired) electrons. The molecule has 4 nitrogen and oxygen atoms in total. The molecule has 1 N–H and O–H groups in total. The van der Waals surface area contributed by atoms with E-state index in [1.807, 2.05) is 55.1 Å². The van der Waals surface area contributed by atoms with Gasteiger partial charge in [0.25, 0.3) is 0 Å². The Hall–Kier alpha value is -2.49. The predicted octanol–water partition coefficient (Wildman–Crippen LogP) is 4.76. The summed E-state index contributed by atoms with van der Waals surface area (Å²) in [6.45, 7) is 5.46. The molecule has 1 heterocycles. The number of hydrogen-bond donors (Lipinski definition) is 1. The highest BCUT2D eigenvalue weighted by Crippen LogP contribution is 2.33. The molecule has 24 heavy (non-hydrogen) atoms. The third-order valence-corrected chi connectivity index (χ3v) is 4.39. The van der Waals surface area contributed by atoms with E-state index >= 15 is 0 Å². The van der Waals surface area contributed by atoms with Gasteiger partial charge in [-0.25, -0.2) is 4.79 Å². The second-order valence-electron chi connectivity index (χ2n) is 6.15. The van der Waals surface area contributed by atoms with E-state index < -0.39 is 0 Å². The number of carbonyl (C=O) groups excluding carboxylic acids is 1. The minimum atomic E-state index is -0.0322. The number of carbonyl (C=O) groups is 1. The zero-order valence-electron chi connectivity index (χ0n) is 14.3. The number of benzene rings is 2. The zero-order valence-corrected chi connectivity index (χ0v) is 14.3. The second-order valence-corrected chi connectivity index (χ2v) is 6.15. The van der Waals surface area contributed by atoms with Crippen molar-refractivity contribution in [3.8, 4) is 5.75 Å². The van der Waals surface area contributed by atoms with Crippen LogP contribution >= 0.6 is 0 Å². The van der Waals surface area contributed by atoms with Crippen molar-refractivity contribution in [1.29, 1.82) is 0 Å². The third kappa shape index (κ3) is 3.70. The fourth-order valence-electron chi connectivity index (χ4n) is 3.14. The molecule has 0 aliphatic carbocycles. The van der Waals surface area contributed by atoms with Gasteiger partial charge in [0.2, 0.25) is 0 Å². The monoisotopic (exact) mass is 324 g/mol. The first kappa shape index (κ1) is 16.4. The zero-order chi connectivity index (χ0) is 16.9. The summed E-state index contributed by atoms with van der Waals surface area (Å²) in [5.74, 6) is 0.870. The van der Waals surface area contributed by atoms with E-state index in [0.717, 1.165) is 36.4 Å². The third-order valence-electron chi connectivity index (χ3n) is 4.39. The average Bonchev–Trinajstić information content (AvgIpc) is 3.08. The summed E-state index contributed by atoms with van der Waals surface area (Å²) < 4.78 is 5.49. The summed E-state index contributed by atoms with van der Waals surface area (Å²) >= 11 is 0. The molecule has 1 fully saturated rings. The minimum absolute atomic E-state index is 0.0322. The van der Waals surface area contributed by atoms with Gasteiger partial charge in [0, 0.05) is 12.2 Å². The number of urea groups is 1. The van der Waals surface area contributed by atoms with Gasteiger partial charge < -0.3 is 15.0 Å². The van der Waals surface area contributed by atoms with Gasteiger partial charge in [0.15, 0.2) is 0 Å². The Kier molecular flexibility index (Phi) is 5.04. The van der Waals surface area contributed by atoms with E-state index in [9.17, 15) is 4.79 Å². The molecule has 0 spiro atoms. The van der Waals surface area contributed by atoms with E-state index in [2.05, 4.69) is 17.4 Å². The minimum Gasteiger partial charge on any atom is -0.494 e. The van der Waals surface area contributed by atoms with Crippen LogP contribution in [-0.4, -0.2) is 24.1 Å². The van der Waals surface area contributed by atoms with Crippen molar-refractivity contribution in [2.24, 2.45) is 0 Å². The normalized spacial score (nSPS) is 16.9. The number of ether oxygens (including phenoxy) is 1. The van der Waals surface area contributed by atoms with Crippen molar-refractivity contribution >= 4 is 11.7 Å². The highest BCUT2D eigenvalue weighted by Gasteiger charge is 2.30. The summed E-state index contributed by atoms with van der Waals surface area (Å²) in [4.78, 5) is 14.6. The van der Waals surface area contributed by atoms with Gasteiger partial charge in [0.1, 0.15) is 5.75 Å². The quantitative estimate of drug-likeness (QED) is 0.880. The number of nitrogens with one attached hydrogen (secondary N) is 1. The lowest BCUT2D eigenvalue weighted by molar-refractivity contribution is 0.207. The van der Waals surface area contributed by atoms with Crippen LogP contribution < -0.4 is 10.1 Å². The standard InChI is InChI=1S/C20H24N2O2/c1-3-24-18-12-8-16(9-13-18)19-5-4-14-22(19)20(23)21-17-10-6-15(2)7-11-17/h6-13,19H,3-5,14H2,1-2H3,(H,21,23). The number of likely N-dealkylation sites (tertiary alicyclic amines) is 1. The van der Waals surface area contributed by atoms with Gasteiger partial charge in [0.05, 0.1) is 12.6 Å². The Morgan fingerprint density at radius 2 is 1.88 bits per heavy atom. The maximum absolute atomic E-state index is 12.6. The van der Waals surface area contributed by atoms with Crippen LogP contribution in [0.15, 0.2) is 48.5 Å². The summed E-state index contributed by atoms with van der Waals surface area (Å²) in [6.07, 6.45) is 2.02. The smallest absolute Gasteiger partial charge is 0.322 e. The molecule has 1 atom stereocenters. The molecule has 1 aliphatic heterocycles. The summed E-state index contributed by atoms with van der Waals surface area (Å²) in [5.41, 5.74) is 3.18. The number of aryl methyl sites for hydroxylation is 1. The highest BCUT2D eigenvalue weighted by atomic mass is 16.5. The maximum atomic E-state index is 12.6. The first-order chi connectivity index (χ1) is 11.7. The van der Waals surface area contributed by atoms with Crippen LogP contribution in [0.3, 0.4) is 0 Å². The van der Waals surface area contributed by atoms with Crippen molar-refractivity contribution in [3.05, 3.63) is 59.7 Å². The lowest BCUT2D eigenvalue weighted by Gasteiger charge is -2.25. The number of hydrogen-bond acceptors (Lipinski definition) is 2. The number of rotatable bonds is 4. The predicted molar refractivity (Wildman–Crippen MR) is 96.5 cm³/mol. The number of anilines is 1. The molecule has 126 valence electrons. The summed E-state index contributed by atoms with van der Waals surface area (Å²) in [7, 11) is 0. The lowest BCUT2D eigenvalue weighted by Crippen LogP contribution is -2.34. The molecule has 2 aromatic rings. The van der Waals surface area contributed by atoms with Gasteiger partial charge in [-0.05, 0) is 56.5 Å². The van der Waals surface area contributed by atoms with E-state index in [-0.39, 0.29) is 12.1 Å². The summed E-state index contributed by atoms with van der Waals surface area (Å²) in [5, 5.41) is 3.00. The molecule has 2 aromatic carbocycles. The maximum Gasteiger partial charge on any atom is 0.322 e. The van der Waals surface area contributed by atoms with Gasteiger partial charge in [-0.1, -0.05) is 29.8 Å². The van der Waals surface area contributed by atoms with Gasteiger partial charge in [-0.2, -0.15) is 0 Å². The Labute approximate surface area is 143 Å². The van der Waals surface area contributed by atoms with Crippen LogP contribution in [0.1, 0.15) is 36.9 Å². The van der Waals surface area contributed by atoms with Gasteiger partial charge in [-0.15, -0.1) is 0 Å². The highest BCUT2D eigenvalue weighted by molar-refractivity contribution is 5.89. The van der Waals surface area contributed by atoms with E-state index in [1.165, 1.54) is 5.56 Å². The molecule has 2 amide bonds. The van der Waals surface area contributed by atoms with E-state index in [4.69, 9.17) is 4.74 Å². The first-order valence-corrected chi connectivity index (χ1v) is 8.54. The Balaban J connectivity index is 1.70. The molecule has 0 saturated carbocycles. The molecule has 1 saturated heterocycles. The van der Waals surface area contributed by atoms with E-state index in [1.54, 1.807) is 0 Å².